The second-order valence-electron chi connectivity index (χ2n) is 2.78. The number of hydrogen-bond acceptors (Lipinski definition) is 1. The molecule has 0 saturated heterocycles. The van der Waals surface area contributed by atoms with E-state index in [1.54, 1.807) is 6.07 Å². The lowest BCUT2D eigenvalue weighted by molar-refractivity contribution is -0.137. The summed E-state index contributed by atoms with van der Waals surface area (Å²) >= 11 is 3.92. The number of thiol groups is 1. The fourth-order valence-corrected chi connectivity index (χ4v) is 1.32. The van der Waals surface area contributed by atoms with Crippen molar-refractivity contribution in [3.05, 3.63) is 41.5 Å². The minimum absolute atomic E-state index is 0.100. The Hall–Kier alpha value is -0.900. The Kier molecular flexibility index (Phi) is 3.26. The van der Waals surface area contributed by atoms with Gasteiger partial charge in [-0.05, 0) is 17.2 Å². The van der Waals surface area contributed by atoms with Crippen molar-refractivity contribution >= 4 is 18.7 Å². The molecule has 1 aromatic carbocycles. The molecule has 0 aliphatic carbocycles. The molecule has 0 atom stereocenters. The molecule has 0 aromatic heterocycles. The van der Waals surface area contributed by atoms with Crippen molar-refractivity contribution in [2.75, 3.05) is 0 Å². The van der Waals surface area contributed by atoms with Crippen molar-refractivity contribution in [3.63, 3.8) is 0 Å². The molecule has 0 bridgehead atoms. The minimum atomic E-state index is -4.33. The molecule has 0 heterocycles. The van der Waals surface area contributed by atoms with Crippen molar-refractivity contribution in [3.8, 4) is 0 Å². The first-order valence-corrected chi connectivity index (χ1v) is 4.55. The molecule has 0 spiro atoms. The largest absolute Gasteiger partial charge is 0.416 e. The van der Waals surface area contributed by atoms with Crippen LogP contribution in [0.4, 0.5) is 13.2 Å². The first kappa shape index (κ1) is 11.2. The van der Waals surface area contributed by atoms with Gasteiger partial charge in [0.25, 0.3) is 0 Å². The molecule has 14 heavy (non-hydrogen) atoms. The summed E-state index contributed by atoms with van der Waals surface area (Å²) in [6, 6.07) is 4.12. The summed E-state index contributed by atoms with van der Waals surface area (Å²) in [5, 5.41) is 0. The standard InChI is InChI=1S/C10H9F3S/c1-2-8-4-3-7(6-14)5-9(8)10(11,12)13/h2-5,14H,1,6H2. The Morgan fingerprint density at radius 3 is 2.43 bits per heavy atom. The molecule has 4 heteroatoms. The van der Waals surface area contributed by atoms with E-state index >= 15 is 0 Å². The summed E-state index contributed by atoms with van der Waals surface area (Å²) in [7, 11) is 0. The molecule has 0 unspecified atom stereocenters. The molecule has 1 aromatic rings. The van der Waals surface area contributed by atoms with Gasteiger partial charge in [0.15, 0.2) is 0 Å². The lowest BCUT2D eigenvalue weighted by atomic mass is 10.0. The van der Waals surface area contributed by atoms with Gasteiger partial charge in [-0.3, -0.25) is 0 Å². The highest BCUT2D eigenvalue weighted by Crippen LogP contribution is 2.33. The number of halogens is 3. The number of benzene rings is 1. The van der Waals surface area contributed by atoms with Crippen LogP contribution < -0.4 is 0 Å². The highest BCUT2D eigenvalue weighted by molar-refractivity contribution is 7.79. The monoisotopic (exact) mass is 218 g/mol. The Labute approximate surface area is 85.9 Å². The van der Waals surface area contributed by atoms with Gasteiger partial charge < -0.3 is 0 Å². The summed E-state index contributed by atoms with van der Waals surface area (Å²) in [6.45, 7) is 3.34. The molecule has 0 aliphatic rings. The smallest absolute Gasteiger partial charge is 0.175 e. The molecule has 0 fully saturated rings. The average Bonchev–Trinajstić information content (AvgIpc) is 2.15. The topological polar surface area (TPSA) is 0 Å². The number of hydrogen-bond donors (Lipinski definition) is 1. The van der Waals surface area contributed by atoms with Gasteiger partial charge in [-0.25, -0.2) is 0 Å². The molecular formula is C10H9F3S. The van der Waals surface area contributed by atoms with Crippen LogP contribution in [0.3, 0.4) is 0 Å². The van der Waals surface area contributed by atoms with Gasteiger partial charge in [0.05, 0.1) is 5.56 Å². The molecule has 0 amide bonds. The van der Waals surface area contributed by atoms with Gasteiger partial charge in [-0.1, -0.05) is 24.8 Å². The number of alkyl halides is 3. The zero-order chi connectivity index (χ0) is 10.8. The zero-order valence-electron chi connectivity index (χ0n) is 7.30. The molecule has 76 valence electrons. The van der Waals surface area contributed by atoms with Crippen LogP contribution >= 0.6 is 12.6 Å². The summed E-state index contributed by atoms with van der Waals surface area (Å²) in [5.41, 5.74) is -0.00617. The molecule has 0 aliphatic heterocycles. The maximum atomic E-state index is 12.5. The third-order valence-electron chi connectivity index (χ3n) is 1.83. The van der Waals surface area contributed by atoms with E-state index in [1.807, 2.05) is 0 Å². The predicted octanol–water partition coefficient (Wildman–Crippen LogP) is 3.78. The molecule has 0 N–H and O–H groups in total. The van der Waals surface area contributed by atoms with Crippen LogP contribution in [0, 0.1) is 0 Å². The molecule has 0 nitrogen and oxygen atoms in total. The van der Waals surface area contributed by atoms with Crippen molar-refractivity contribution in [1.29, 1.82) is 0 Å². The van der Waals surface area contributed by atoms with Gasteiger partial charge >= 0.3 is 6.18 Å². The first-order chi connectivity index (χ1) is 6.49. The lowest BCUT2D eigenvalue weighted by Crippen LogP contribution is -2.07. The Balaban J connectivity index is 3.29. The van der Waals surface area contributed by atoms with E-state index in [9.17, 15) is 13.2 Å². The fraction of sp³-hybridized carbons (Fsp3) is 0.200. The van der Waals surface area contributed by atoms with Crippen LogP contribution in [-0.2, 0) is 11.9 Å². The SMILES string of the molecule is C=Cc1ccc(CS)cc1C(F)(F)F. The molecular weight excluding hydrogens is 209 g/mol. The number of rotatable bonds is 2. The van der Waals surface area contributed by atoms with Crippen LogP contribution in [0.2, 0.25) is 0 Å². The Morgan fingerprint density at radius 1 is 1.36 bits per heavy atom. The predicted molar refractivity (Wildman–Crippen MR) is 54.2 cm³/mol. The Morgan fingerprint density at radius 2 is 2.00 bits per heavy atom. The van der Waals surface area contributed by atoms with E-state index in [1.165, 1.54) is 12.1 Å². The van der Waals surface area contributed by atoms with Gasteiger partial charge in [-0.15, -0.1) is 0 Å². The van der Waals surface area contributed by atoms with Crippen molar-refractivity contribution in [2.24, 2.45) is 0 Å². The quantitative estimate of drug-likeness (QED) is 0.717. The summed E-state index contributed by atoms with van der Waals surface area (Å²) in [5.74, 6) is 0.292. The van der Waals surface area contributed by atoms with Gasteiger partial charge in [0, 0.05) is 5.75 Å². The lowest BCUT2D eigenvalue weighted by Gasteiger charge is -2.11. The van der Waals surface area contributed by atoms with Gasteiger partial charge in [0.2, 0.25) is 0 Å². The van der Waals surface area contributed by atoms with Crippen molar-refractivity contribution in [1.82, 2.24) is 0 Å². The maximum Gasteiger partial charge on any atom is 0.416 e. The second kappa shape index (κ2) is 4.09. The summed E-state index contributed by atoms with van der Waals surface area (Å²) in [4.78, 5) is 0. The van der Waals surface area contributed by atoms with Crippen molar-refractivity contribution < 1.29 is 13.2 Å². The average molecular weight is 218 g/mol. The van der Waals surface area contributed by atoms with Crippen LogP contribution in [0.1, 0.15) is 16.7 Å². The van der Waals surface area contributed by atoms with E-state index < -0.39 is 11.7 Å². The van der Waals surface area contributed by atoms with Crippen LogP contribution in [0.5, 0.6) is 0 Å². The maximum absolute atomic E-state index is 12.5. The van der Waals surface area contributed by atoms with E-state index in [2.05, 4.69) is 19.2 Å². The zero-order valence-corrected chi connectivity index (χ0v) is 8.20. The van der Waals surface area contributed by atoms with E-state index in [0.717, 1.165) is 6.07 Å². The molecule has 0 radical (unpaired) electrons. The summed E-state index contributed by atoms with van der Waals surface area (Å²) in [6.07, 6.45) is -3.13. The second-order valence-corrected chi connectivity index (χ2v) is 3.10. The van der Waals surface area contributed by atoms with Gasteiger partial charge in [-0.2, -0.15) is 25.8 Å². The van der Waals surface area contributed by atoms with Gasteiger partial charge in [0.1, 0.15) is 0 Å². The normalized spacial score (nSPS) is 11.4. The third-order valence-corrected chi connectivity index (χ3v) is 2.19. The van der Waals surface area contributed by atoms with Crippen LogP contribution in [0.25, 0.3) is 6.08 Å². The van der Waals surface area contributed by atoms with Crippen molar-refractivity contribution in [2.45, 2.75) is 11.9 Å². The fourth-order valence-electron chi connectivity index (χ4n) is 1.13. The van der Waals surface area contributed by atoms with E-state index in [-0.39, 0.29) is 5.56 Å². The van der Waals surface area contributed by atoms with Crippen LogP contribution in [0.15, 0.2) is 24.8 Å². The highest BCUT2D eigenvalue weighted by Gasteiger charge is 2.32. The van der Waals surface area contributed by atoms with Crippen LogP contribution in [-0.4, -0.2) is 0 Å². The first-order valence-electron chi connectivity index (χ1n) is 3.92. The molecule has 1 rings (SSSR count). The Bertz CT molecular complexity index is 342. The summed E-state index contributed by atoms with van der Waals surface area (Å²) < 4.78 is 37.4. The van der Waals surface area contributed by atoms with E-state index in [0.29, 0.717) is 11.3 Å². The minimum Gasteiger partial charge on any atom is -0.175 e. The molecule has 0 saturated carbocycles. The van der Waals surface area contributed by atoms with E-state index in [4.69, 9.17) is 0 Å². The third kappa shape index (κ3) is 2.32. The highest BCUT2D eigenvalue weighted by atomic mass is 32.1.